The molecule has 2 N–H and O–H groups in total. The van der Waals surface area contributed by atoms with Gasteiger partial charge in [-0.05, 0) is 26.3 Å². The van der Waals surface area contributed by atoms with Crippen molar-refractivity contribution in [1.82, 2.24) is 10.6 Å². The molecule has 1 rings (SSSR count). The first-order chi connectivity index (χ1) is 6.75. The van der Waals surface area contributed by atoms with E-state index in [0.717, 1.165) is 25.9 Å². The predicted octanol–water partition coefficient (Wildman–Crippen LogP) is 0.560. The second-order valence-electron chi connectivity index (χ2n) is 3.81. The minimum Gasteiger partial charge on any atom is -0.385 e. The van der Waals surface area contributed by atoms with Gasteiger partial charge >= 0.3 is 0 Å². The van der Waals surface area contributed by atoms with Crippen molar-refractivity contribution in [2.45, 2.75) is 19.8 Å². The molecule has 1 heterocycles. The average Bonchev–Trinajstić information content (AvgIpc) is 2.65. The molecule has 1 aliphatic rings. The molecule has 0 saturated carbocycles. The second kappa shape index (κ2) is 7.04. The lowest BCUT2D eigenvalue weighted by Gasteiger charge is -2.26. The summed E-state index contributed by atoms with van der Waals surface area (Å²) in [5, 5.41) is 6.15. The normalized spacial score (nSPS) is 24.7. The summed E-state index contributed by atoms with van der Waals surface area (Å²) in [6.07, 6.45) is 1.73. The Morgan fingerprint density at radius 3 is 2.80 bits per heavy atom. The van der Waals surface area contributed by atoms with E-state index in [1.54, 1.807) is 7.11 Å². The molecular weight excluding hydrogens is 216 g/mol. The van der Waals surface area contributed by atoms with Gasteiger partial charge in [-0.15, -0.1) is 12.4 Å². The van der Waals surface area contributed by atoms with Gasteiger partial charge in [-0.3, -0.25) is 4.79 Å². The largest absolute Gasteiger partial charge is 0.385 e. The number of hydrogen-bond donors (Lipinski definition) is 2. The standard InChI is InChI=1S/C10H20N2O2.ClH/c1-3-12-9(13)10(5-7-14-2)4-6-11-8-10;/h11H,3-8H2,1-2H3,(H,12,13);1H. The van der Waals surface area contributed by atoms with Crippen LogP contribution < -0.4 is 10.6 Å². The number of carbonyl (C=O) groups excluding carboxylic acids is 1. The van der Waals surface area contributed by atoms with Crippen molar-refractivity contribution in [2.24, 2.45) is 5.41 Å². The Morgan fingerprint density at radius 2 is 2.33 bits per heavy atom. The number of carbonyl (C=O) groups is 1. The van der Waals surface area contributed by atoms with Crippen molar-refractivity contribution < 1.29 is 9.53 Å². The van der Waals surface area contributed by atoms with Gasteiger partial charge in [-0.25, -0.2) is 0 Å². The first-order valence-corrected chi connectivity index (χ1v) is 5.23. The zero-order valence-electron chi connectivity index (χ0n) is 9.47. The zero-order chi connectivity index (χ0) is 10.4. The van der Waals surface area contributed by atoms with E-state index < -0.39 is 0 Å². The molecule has 4 nitrogen and oxygen atoms in total. The third-order valence-electron chi connectivity index (χ3n) is 2.85. The molecule has 1 aliphatic heterocycles. The number of ether oxygens (including phenoxy) is 1. The zero-order valence-corrected chi connectivity index (χ0v) is 10.3. The fraction of sp³-hybridized carbons (Fsp3) is 0.900. The average molecular weight is 237 g/mol. The van der Waals surface area contributed by atoms with E-state index in [1.807, 2.05) is 6.92 Å². The number of rotatable bonds is 5. The Kier molecular flexibility index (Phi) is 6.89. The number of nitrogens with one attached hydrogen (secondary N) is 2. The molecule has 5 heteroatoms. The molecule has 0 bridgehead atoms. The van der Waals surface area contributed by atoms with Crippen molar-refractivity contribution in [2.75, 3.05) is 33.4 Å². The maximum atomic E-state index is 11.9. The summed E-state index contributed by atoms with van der Waals surface area (Å²) in [7, 11) is 1.67. The van der Waals surface area contributed by atoms with Crippen molar-refractivity contribution >= 4 is 18.3 Å². The highest BCUT2D eigenvalue weighted by Gasteiger charge is 2.40. The third kappa shape index (κ3) is 3.63. The third-order valence-corrected chi connectivity index (χ3v) is 2.85. The maximum absolute atomic E-state index is 11.9. The van der Waals surface area contributed by atoms with Gasteiger partial charge in [0.2, 0.25) is 5.91 Å². The molecule has 1 saturated heterocycles. The molecular formula is C10H21ClN2O2. The van der Waals surface area contributed by atoms with Gasteiger partial charge in [0, 0.05) is 26.8 Å². The van der Waals surface area contributed by atoms with Gasteiger partial charge < -0.3 is 15.4 Å². The maximum Gasteiger partial charge on any atom is 0.227 e. The van der Waals surface area contributed by atoms with Crippen molar-refractivity contribution in [3.05, 3.63) is 0 Å². The Hall–Kier alpha value is -0.320. The van der Waals surface area contributed by atoms with E-state index in [0.29, 0.717) is 13.2 Å². The lowest BCUT2D eigenvalue weighted by molar-refractivity contribution is -0.131. The Balaban J connectivity index is 0.00000196. The smallest absolute Gasteiger partial charge is 0.227 e. The summed E-state index contributed by atoms with van der Waals surface area (Å²) in [4.78, 5) is 11.9. The predicted molar refractivity (Wildman–Crippen MR) is 62.3 cm³/mol. The Morgan fingerprint density at radius 1 is 1.60 bits per heavy atom. The minimum atomic E-state index is -0.230. The van der Waals surface area contributed by atoms with E-state index in [4.69, 9.17) is 4.74 Å². The molecule has 15 heavy (non-hydrogen) atoms. The van der Waals surface area contributed by atoms with Crippen molar-refractivity contribution in [3.63, 3.8) is 0 Å². The number of methoxy groups -OCH3 is 1. The topological polar surface area (TPSA) is 50.4 Å². The number of amides is 1. The highest BCUT2D eigenvalue weighted by molar-refractivity contribution is 5.85. The van der Waals surface area contributed by atoms with Crippen molar-refractivity contribution in [3.8, 4) is 0 Å². The number of hydrogen-bond acceptors (Lipinski definition) is 3. The summed E-state index contributed by atoms with van der Waals surface area (Å²) in [5.41, 5.74) is -0.230. The quantitative estimate of drug-likeness (QED) is 0.734. The first kappa shape index (κ1) is 14.7. The lowest BCUT2D eigenvalue weighted by Crippen LogP contribution is -2.43. The lowest BCUT2D eigenvalue weighted by atomic mass is 9.83. The van der Waals surface area contributed by atoms with Crippen LogP contribution >= 0.6 is 12.4 Å². The Labute approximate surface area is 97.5 Å². The van der Waals surface area contributed by atoms with Crippen LogP contribution in [-0.2, 0) is 9.53 Å². The van der Waals surface area contributed by atoms with Gasteiger partial charge in [0.25, 0.3) is 0 Å². The molecule has 1 atom stereocenters. The van der Waals surface area contributed by atoms with Gasteiger partial charge in [0.1, 0.15) is 0 Å². The highest BCUT2D eigenvalue weighted by atomic mass is 35.5. The van der Waals surface area contributed by atoms with E-state index in [-0.39, 0.29) is 23.7 Å². The summed E-state index contributed by atoms with van der Waals surface area (Å²) >= 11 is 0. The van der Waals surface area contributed by atoms with Crippen LogP contribution in [0.4, 0.5) is 0 Å². The van der Waals surface area contributed by atoms with Gasteiger partial charge in [-0.1, -0.05) is 0 Å². The highest BCUT2D eigenvalue weighted by Crippen LogP contribution is 2.29. The van der Waals surface area contributed by atoms with Crippen molar-refractivity contribution in [1.29, 1.82) is 0 Å². The SMILES string of the molecule is CCNC(=O)C1(CCOC)CCNC1.Cl. The molecule has 1 amide bonds. The molecule has 0 spiro atoms. The fourth-order valence-electron chi connectivity index (χ4n) is 1.91. The van der Waals surface area contributed by atoms with Gasteiger partial charge in [-0.2, -0.15) is 0 Å². The summed E-state index contributed by atoms with van der Waals surface area (Å²) in [6, 6.07) is 0. The fourth-order valence-corrected chi connectivity index (χ4v) is 1.91. The van der Waals surface area contributed by atoms with Crippen LogP contribution in [0, 0.1) is 5.41 Å². The molecule has 0 aromatic carbocycles. The second-order valence-corrected chi connectivity index (χ2v) is 3.81. The first-order valence-electron chi connectivity index (χ1n) is 5.23. The van der Waals surface area contributed by atoms with Crippen LogP contribution in [0.25, 0.3) is 0 Å². The van der Waals surface area contributed by atoms with E-state index in [1.165, 1.54) is 0 Å². The van der Waals surface area contributed by atoms with E-state index in [2.05, 4.69) is 10.6 Å². The molecule has 1 fully saturated rings. The van der Waals surface area contributed by atoms with E-state index in [9.17, 15) is 4.79 Å². The molecule has 1 unspecified atom stereocenters. The molecule has 90 valence electrons. The van der Waals surface area contributed by atoms with E-state index >= 15 is 0 Å². The molecule has 0 aliphatic carbocycles. The van der Waals surface area contributed by atoms with Crippen LogP contribution in [0.5, 0.6) is 0 Å². The van der Waals surface area contributed by atoms with Crippen LogP contribution in [0.3, 0.4) is 0 Å². The van der Waals surface area contributed by atoms with Gasteiger partial charge in [0.05, 0.1) is 5.41 Å². The van der Waals surface area contributed by atoms with Crippen LogP contribution in [0.1, 0.15) is 19.8 Å². The number of halogens is 1. The minimum absolute atomic E-state index is 0. The summed E-state index contributed by atoms with van der Waals surface area (Å²) < 4.78 is 5.05. The Bertz CT molecular complexity index is 194. The summed E-state index contributed by atoms with van der Waals surface area (Å²) in [5.74, 6) is 0.169. The van der Waals surface area contributed by atoms with Crippen LogP contribution in [-0.4, -0.2) is 39.3 Å². The molecule has 0 radical (unpaired) electrons. The monoisotopic (exact) mass is 236 g/mol. The van der Waals surface area contributed by atoms with Gasteiger partial charge in [0.15, 0.2) is 0 Å². The summed E-state index contributed by atoms with van der Waals surface area (Å²) in [6.45, 7) is 5.01. The molecule has 0 aromatic heterocycles. The van der Waals surface area contributed by atoms with Crippen LogP contribution in [0.2, 0.25) is 0 Å². The molecule has 0 aromatic rings. The van der Waals surface area contributed by atoms with Crippen LogP contribution in [0.15, 0.2) is 0 Å².